The van der Waals surface area contributed by atoms with Crippen LogP contribution in [0.15, 0.2) is 36.5 Å². The van der Waals surface area contributed by atoms with Crippen molar-refractivity contribution in [1.82, 2.24) is 10.3 Å². The van der Waals surface area contributed by atoms with E-state index in [9.17, 15) is 4.79 Å². The van der Waals surface area contributed by atoms with Crippen molar-refractivity contribution in [3.05, 3.63) is 58.4 Å². The lowest BCUT2D eigenvalue weighted by molar-refractivity contribution is -0.164. The van der Waals surface area contributed by atoms with Crippen molar-refractivity contribution >= 4 is 17.5 Å². The number of benzene rings is 1. The maximum absolute atomic E-state index is 12.7. The lowest BCUT2D eigenvalue weighted by Crippen LogP contribution is -2.74. The third-order valence-corrected chi connectivity index (χ3v) is 5.92. The van der Waals surface area contributed by atoms with Gasteiger partial charge in [-0.25, -0.2) is 0 Å². The number of halogens is 1. The molecule has 2 aromatic rings. The van der Waals surface area contributed by atoms with Gasteiger partial charge in [0, 0.05) is 34.8 Å². The van der Waals surface area contributed by atoms with Crippen LogP contribution in [0.25, 0.3) is 0 Å². The van der Waals surface area contributed by atoms with E-state index in [0.717, 1.165) is 5.69 Å². The van der Waals surface area contributed by atoms with Gasteiger partial charge in [-0.05, 0) is 31.2 Å². The van der Waals surface area contributed by atoms with Gasteiger partial charge >= 0.3 is 0 Å². The number of aromatic nitrogens is 1. The van der Waals surface area contributed by atoms with Crippen LogP contribution in [0, 0.1) is 29.1 Å². The van der Waals surface area contributed by atoms with Crippen LogP contribution in [0.4, 0.5) is 0 Å². The highest BCUT2D eigenvalue weighted by molar-refractivity contribution is 6.31. The molecule has 1 heterocycles. The number of pyridine rings is 1. The summed E-state index contributed by atoms with van der Waals surface area (Å²) in [6.07, 6.45) is 1.46. The topological polar surface area (TPSA) is 75.0 Å². The monoisotopic (exact) mass is 397 g/mol. The van der Waals surface area contributed by atoms with E-state index in [0.29, 0.717) is 21.9 Å². The predicted octanol–water partition coefficient (Wildman–Crippen LogP) is 4.53. The fourth-order valence-corrected chi connectivity index (χ4v) is 4.63. The molecule has 0 atom stereocenters. The molecule has 0 saturated heterocycles. The lowest BCUT2D eigenvalue weighted by atomic mass is 9.49. The van der Waals surface area contributed by atoms with Crippen molar-refractivity contribution in [2.45, 2.75) is 46.8 Å². The van der Waals surface area contributed by atoms with E-state index >= 15 is 0 Å². The maximum Gasteiger partial charge on any atom is 0.253 e. The number of nitriles is 1. The SMILES string of the molecule is Cc1ccc(C(=O)NC2C(C)(C)C(Oc3ccc(C#N)c(Cl)c3)C2(C)C)cn1. The quantitative estimate of drug-likeness (QED) is 0.822. The number of carbonyl (C=O) groups excluding carboxylic acids is 1. The minimum atomic E-state index is -0.294. The minimum absolute atomic E-state index is 0.0762. The summed E-state index contributed by atoms with van der Waals surface area (Å²) < 4.78 is 6.24. The zero-order valence-corrected chi connectivity index (χ0v) is 17.5. The van der Waals surface area contributed by atoms with E-state index in [2.05, 4.69) is 38.0 Å². The second-order valence-electron chi connectivity index (χ2n) is 8.49. The molecular weight excluding hydrogens is 374 g/mol. The Bertz CT molecular complexity index is 929. The molecule has 0 unspecified atom stereocenters. The van der Waals surface area contributed by atoms with E-state index < -0.39 is 0 Å². The highest BCUT2D eigenvalue weighted by atomic mass is 35.5. The molecule has 1 N–H and O–H groups in total. The Labute approximate surface area is 170 Å². The molecule has 0 bridgehead atoms. The standard InChI is InChI=1S/C22H24ClN3O2/c1-13-6-7-15(12-25-13)18(27)26-19-21(2,3)20(22(19,4)5)28-16-9-8-14(11-24)17(23)10-16/h6-10,12,19-20H,1-5H3,(H,26,27). The third-order valence-electron chi connectivity index (χ3n) is 5.60. The third kappa shape index (κ3) is 3.45. The summed E-state index contributed by atoms with van der Waals surface area (Å²) in [5, 5.41) is 12.5. The Morgan fingerprint density at radius 3 is 2.43 bits per heavy atom. The normalized spacial score (nSPS) is 21.9. The van der Waals surface area contributed by atoms with Crippen molar-refractivity contribution in [3.63, 3.8) is 0 Å². The van der Waals surface area contributed by atoms with Gasteiger partial charge < -0.3 is 10.1 Å². The first-order valence-corrected chi connectivity index (χ1v) is 9.55. The van der Waals surface area contributed by atoms with Crippen LogP contribution in [0.5, 0.6) is 5.75 Å². The first kappa shape index (κ1) is 20.2. The van der Waals surface area contributed by atoms with Crippen LogP contribution in [0.2, 0.25) is 5.02 Å². The molecular formula is C22H24ClN3O2. The van der Waals surface area contributed by atoms with Gasteiger partial charge in [0.05, 0.1) is 16.1 Å². The second kappa shape index (κ2) is 7.10. The van der Waals surface area contributed by atoms with Crippen LogP contribution < -0.4 is 10.1 Å². The average molecular weight is 398 g/mol. The van der Waals surface area contributed by atoms with Crippen molar-refractivity contribution in [2.24, 2.45) is 10.8 Å². The summed E-state index contributed by atoms with van der Waals surface area (Å²) in [6, 6.07) is 10.6. The molecule has 3 rings (SSSR count). The number of hydrogen-bond donors (Lipinski definition) is 1. The second-order valence-corrected chi connectivity index (χ2v) is 8.90. The Morgan fingerprint density at radius 2 is 1.89 bits per heavy atom. The van der Waals surface area contributed by atoms with Gasteiger partial charge in [0.15, 0.2) is 0 Å². The van der Waals surface area contributed by atoms with Crippen molar-refractivity contribution in [2.75, 3.05) is 0 Å². The van der Waals surface area contributed by atoms with E-state index in [1.54, 1.807) is 30.5 Å². The van der Waals surface area contributed by atoms with Gasteiger partial charge in [0.25, 0.3) is 5.91 Å². The first-order chi connectivity index (χ1) is 13.1. The van der Waals surface area contributed by atoms with Crippen LogP contribution in [0.3, 0.4) is 0 Å². The molecule has 1 amide bonds. The number of hydrogen-bond acceptors (Lipinski definition) is 4. The smallest absolute Gasteiger partial charge is 0.253 e. The number of rotatable bonds is 4. The highest BCUT2D eigenvalue weighted by Gasteiger charge is 2.64. The van der Waals surface area contributed by atoms with E-state index in [4.69, 9.17) is 21.6 Å². The zero-order chi connectivity index (χ0) is 20.7. The molecule has 0 spiro atoms. The summed E-state index contributed by atoms with van der Waals surface area (Å²) in [7, 11) is 0. The summed E-state index contributed by atoms with van der Waals surface area (Å²) in [4.78, 5) is 16.9. The highest BCUT2D eigenvalue weighted by Crippen LogP contribution is 2.55. The first-order valence-electron chi connectivity index (χ1n) is 9.17. The van der Waals surface area contributed by atoms with Crippen LogP contribution >= 0.6 is 11.6 Å². The van der Waals surface area contributed by atoms with Gasteiger partial charge in [0.2, 0.25) is 0 Å². The summed E-state index contributed by atoms with van der Waals surface area (Å²) in [6.45, 7) is 10.2. The number of aryl methyl sites for hydroxylation is 1. The minimum Gasteiger partial charge on any atom is -0.489 e. The van der Waals surface area contributed by atoms with Gasteiger partial charge in [0.1, 0.15) is 17.9 Å². The summed E-state index contributed by atoms with van der Waals surface area (Å²) >= 11 is 6.13. The molecule has 1 aliphatic carbocycles. The van der Waals surface area contributed by atoms with Crippen LogP contribution in [-0.4, -0.2) is 23.0 Å². The van der Waals surface area contributed by atoms with E-state index in [-0.39, 0.29) is 28.9 Å². The lowest BCUT2D eigenvalue weighted by Gasteiger charge is -2.63. The Balaban J connectivity index is 1.76. The summed E-state index contributed by atoms with van der Waals surface area (Å²) in [5.74, 6) is 0.473. The molecule has 5 nitrogen and oxygen atoms in total. The van der Waals surface area contributed by atoms with Gasteiger partial charge in [-0.1, -0.05) is 39.3 Å². The average Bonchev–Trinajstić information content (AvgIpc) is 2.64. The molecule has 1 aliphatic rings. The molecule has 0 radical (unpaired) electrons. The van der Waals surface area contributed by atoms with Gasteiger partial charge in [-0.15, -0.1) is 0 Å². The molecule has 1 aromatic carbocycles. The fraction of sp³-hybridized carbons (Fsp3) is 0.409. The number of ether oxygens (including phenoxy) is 1. The number of nitrogens with one attached hydrogen (secondary N) is 1. The molecule has 1 saturated carbocycles. The fourth-order valence-electron chi connectivity index (χ4n) is 4.41. The van der Waals surface area contributed by atoms with Gasteiger partial charge in [-0.2, -0.15) is 5.26 Å². The van der Waals surface area contributed by atoms with Crippen LogP contribution in [-0.2, 0) is 0 Å². The Hall–Kier alpha value is -2.58. The molecule has 6 heteroatoms. The number of carbonyl (C=O) groups is 1. The molecule has 146 valence electrons. The molecule has 1 aromatic heterocycles. The van der Waals surface area contributed by atoms with Crippen molar-refractivity contribution in [1.29, 1.82) is 5.26 Å². The largest absolute Gasteiger partial charge is 0.489 e. The predicted molar refractivity (Wildman–Crippen MR) is 108 cm³/mol. The number of nitrogens with zero attached hydrogens (tertiary/aromatic N) is 2. The molecule has 1 fully saturated rings. The maximum atomic E-state index is 12.7. The molecule has 28 heavy (non-hydrogen) atoms. The Kier molecular flexibility index (Phi) is 5.12. The van der Waals surface area contributed by atoms with Crippen LogP contribution in [0.1, 0.15) is 49.3 Å². The zero-order valence-electron chi connectivity index (χ0n) is 16.7. The Morgan fingerprint density at radius 1 is 1.21 bits per heavy atom. The summed E-state index contributed by atoms with van der Waals surface area (Å²) in [5.41, 5.74) is 1.24. The molecule has 0 aliphatic heterocycles. The van der Waals surface area contributed by atoms with Gasteiger partial charge in [-0.3, -0.25) is 9.78 Å². The number of amides is 1. The van der Waals surface area contributed by atoms with E-state index in [1.165, 1.54) is 0 Å². The van der Waals surface area contributed by atoms with Crippen molar-refractivity contribution < 1.29 is 9.53 Å². The van der Waals surface area contributed by atoms with E-state index in [1.807, 2.05) is 19.1 Å². The van der Waals surface area contributed by atoms with Crippen molar-refractivity contribution in [3.8, 4) is 11.8 Å².